The second kappa shape index (κ2) is 12.0. The number of rotatable bonds is 11. The molecule has 0 aromatic heterocycles. The second-order valence-corrected chi connectivity index (χ2v) is 12.2. The van der Waals surface area contributed by atoms with E-state index in [1.54, 1.807) is 17.0 Å². The molecule has 0 aliphatic carbocycles. The minimum Gasteiger partial charge on any atom is -0.338 e. The van der Waals surface area contributed by atoms with Gasteiger partial charge in [0.25, 0.3) is 10.1 Å². The van der Waals surface area contributed by atoms with Crippen molar-refractivity contribution < 1.29 is 30.6 Å². The lowest BCUT2D eigenvalue weighted by Crippen LogP contribution is -2.55. The number of nitrogens with zero attached hydrogens (tertiary/aromatic N) is 3. The molecule has 1 heterocycles. The number of carbonyl (C=O) groups excluding carboxylic acids is 2. The average Bonchev–Trinajstić information content (AvgIpc) is 2.85. The number of piperazine rings is 1. The van der Waals surface area contributed by atoms with Gasteiger partial charge in [0.15, 0.2) is 0 Å². The Morgan fingerprint density at radius 1 is 0.944 bits per heavy atom. The number of benzene rings is 2. The number of hydrogen-bond donors (Lipinski definition) is 0. The maximum Gasteiger partial charge on any atom is 0.264 e. The highest BCUT2D eigenvalue weighted by Crippen LogP contribution is 2.25. The molecule has 0 unspecified atom stereocenters. The second-order valence-electron chi connectivity index (χ2n) is 8.60. The van der Waals surface area contributed by atoms with Crippen LogP contribution in [0.3, 0.4) is 0 Å². The Balaban J connectivity index is 1.80. The summed E-state index contributed by atoms with van der Waals surface area (Å²) in [6, 6.07) is 16.0. The number of hydrogen-bond acceptors (Lipinski definition) is 7. The largest absolute Gasteiger partial charge is 0.338 e. The Labute approximate surface area is 212 Å². The zero-order valence-electron chi connectivity index (χ0n) is 20.3. The van der Waals surface area contributed by atoms with Crippen molar-refractivity contribution in [3.63, 3.8) is 0 Å². The molecule has 0 N–H and O–H groups in total. The lowest BCUT2D eigenvalue weighted by molar-refractivity contribution is -0.135. The summed E-state index contributed by atoms with van der Waals surface area (Å²) in [5.74, 6) is -0.332. The maximum absolute atomic E-state index is 13.5. The topological polar surface area (TPSA) is 121 Å². The lowest BCUT2D eigenvalue weighted by Gasteiger charge is -2.37. The van der Waals surface area contributed by atoms with Crippen molar-refractivity contribution >= 4 is 38.1 Å². The average molecular weight is 538 g/mol. The molecule has 1 aliphatic heterocycles. The third-order valence-electron chi connectivity index (χ3n) is 5.95. The summed E-state index contributed by atoms with van der Waals surface area (Å²) in [6.45, 7) is 0.608. The molecular formula is C24H31N3O7S2. The van der Waals surface area contributed by atoms with Crippen LogP contribution in [0.1, 0.15) is 12.8 Å². The molecule has 2 aromatic carbocycles. The first-order valence-electron chi connectivity index (χ1n) is 11.5. The summed E-state index contributed by atoms with van der Waals surface area (Å²) < 4.78 is 52.4. The van der Waals surface area contributed by atoms with Crippen LogP contribution in [0.2, 0.25) is 0 Å². The summed E-state index contributed by atoms with van der Waals surface area (Å²) in [4.78, 5) is 28.6. The predicted molar refractivity (Wildman–Crippen MR) is 137 cm³/mol. The van der Waals surface area contributed by atoms with E-state index in [0.717, 1.165) is 23.6 Å². The van der Waals surface area contributed by atoms with Crippen LogP contribution in [0.15, 0.2) is 54.6 Å². The van der Waals surface area contributed by atoms with Crippen molar-refractivity contribution in [2.75, 3.05) is 50.2 Å². The van der Waals surface area contributed by atoms with Gasteiger partial charge in [-0.2, -0.15) is 12.7 Å². The Kier molecular flexibility index (Phi) is 9.23. The molecule has 1 fully saturated rings. The monoisotopic (exact) mass is 537 g/mol. The van der Waals surface area contributed by atoms with Crippen LogP contribution in [0.4, 0.5) is 5.69 Å². The van der Waals surface area contributed by atoms with Crippen LogP contribution in [0.5, 0.6) is 0 Å². The van der Waals surface area contributed by atoms with E-state index in [1.165, 1.54) is 9.21 Å². The molecule has 1 aliphatic rings. The Morgan fingerprint density at radius 3 is 2.06 bits per heavy atom. The van der Waals surface area contributed by atoms with E-state index in [2.05, 4.69) is 0 Å². The minimum atomic E-state index is -3.63. The van der Waals surface area contributed by atoms with Gasteiger partial charge < -0.3 is 9.80 Å². The zero-order valence-corrected chi connectivity index (χ0v) is 21.9. The third-order valence-corrected chi connectivity index (χ3v) is 7.84. The van der Waals surface area contributed by atoms with Gasteiger partial charge in [-0.3, -0.25) is 13.8 Å². The van der Waals surface area contributed by atoms with Gasteiger partial charge in [0, 0.05) is 31.9 Å². The van der Waals surface area contributed by atoms with Crippen LogP contribution in [0.25, 0.3) is 11.1 Å². The molecule has 2 amide bonds. The molecule has 0 spiro atoms. The number of amides is 2. The van der Waals surface area contributed by atoms with Crippen molar-refractivity contribution in [2.24, 2.45) is 0 Å². The highest BCUT2D eigenvalue weighted by Gasteiger charge is 2.33. The Bertz CT molecular complexity index is 1240. The van der Waals surface area contributed by atoms with E-state index in [9.17, 15) is 26.4 Å². The van der Waals surface area contributed by atoms with E-state index >= 15 is 0 Å². The fourth-order valence-electron chi connectivity index (χ4n) is 4.09. The van der Waals surface area contributed by atoms with E-state index in [1.807, 2.05) is 42.5 Å². The van der Waals surface area contributed by atoms with Gasteiger partial charge in [0.1, 0.15) is 6.04 Å². The van der Waals surface area contributed by atoms with Crippen molar-refractivity contribution in [3.05, 3.63) is 54.6 Å². The highest BCUT2D eigenvalue weighted by molar-refractivity contribution is 7.88. The SMILES string of the molecule is CS(=O)(=O)OCCC[C@@H](C(=O)N1CCN(S(C)(=O)=O)CC1)N(C=O)c1ccc(-c2ccccc2)cc1. The molecule has 0 bridgehead atoms. The molecule has 0 saturated carbocycles. The van der Waals surface area contributed by atoms with Crippen molar-refractivity contribution in [3.8, 4) is 11.1 Å². The summed E-state index contributed by atoms with van der Waals surface area (Å²) in [5.41, 5.74) is 2.48. The Hall–Kier alpha value is -2.80. The van der Waals surface area contributed by atoms with Crippen molar-refractivity contribution in [2.45, 2.75) is 18.9 Å². The summed E-state index contributed by atoms with van der Waals surface area (Å²) in [6.07, 6.45) is 3.05. The molecule has 196 valence electrons. The number of anilines is 1. The van der Waals surface area contributed by atoms with Crippen molar-refractivity contribution in [1.29, 1.82) is 0 Å². The van der Waals surface area contributed by atoms with Gasteiger partial charge in [-0.1, -0.05) is 42.5 Å². The van der Waals surface area contributed by atoms with E-state index in [0.29, 0.717) is 12.1 Å². The molecule has 12 heteroatoms. The number of carbonyl (C=O) groups is 2. The smallest absolute Gasteiger partial charge is 0.264 e. The molecular weight excluding hydrogens is 506 g/mol. The first kappa shape index (κ1) is 27.8. The molecule has 0 radical (unpaired) electrons. The third kappa shape index (κ3) is 7.60. The van der Waals surface area contributed by atoms with E-state index in [4.69, 9.17) is 4.18 Å². The lowest BCUT2D eigenvalue weighted by atomic mass is 10.0. The normalized spacial score (nSPS) is 15.9. The van der Waals surface area contributed by atoms with Crippen molar-refractivity contribution in [1.82, 2.24) is 9.21 Å². The summed E-state index contributed by atoms with van der Waals surface area (Å²) in [7, 11) is -7.00. The molecule has 36 heavy (non-hydrogen) atoms. The van der Waals surface area contributed by atoms with E-state index < -0.39 is 26.2 Å². The first-order valence-corrected chi connectivity index (χ1v) is 15.1. The fraction of sp³-hybridized carbons (Fsp3) is 0.417. The fourth-order valence-corrected chi connectivity index (χ4v) is 5.34. The standard InChI is InChI=1S/C24H31N3O7S2/c1-35(30,31)26-16-14-25(15-17-26)24(29)23(9-6-18-34-36(2,32)33)27(19-28)22-12-10-21(11-13-22)20-7-4-3-5-8-20/h3-5,7-8,10-13,19,23H,6,9,14-18H2,1-2H3/t23-/m0/s1. The van der Waals surface area contributed by atoms with Crippen LogP contribution < -0.4 is 4.90 Å². The van der Waals surface area contributed by atoms with Gasteiger partial charge in [-0.15, -0.1) is 0 Å². The summed E-state index contributed by atoms with van der Waals surface area (Å²) in [5, 5.41) is 0. The molecule has 10 nitrogen and oxygen atoms in total. The van der Waals surface area contributed by atoms with Crippen LogP contribution in [0, 0.1) is 0 Å². The number of sulfonamides is 1. The van der Waals surface area contributed by atoms with Crippen LogP contribution in [-0.2, 0) is 33.9 Å². The first-order chi connectivity index (χ1) is 17.0. The quantitative estimate of drug-likeness (QED) is 0.242. The minimum absolute atomic E-state index is 0.121. The maximum atomic E-state index is 13.5. The van der Waals surface area contributed by atoms with Crippen LogP contribution in [-0.4, -0.2) is 89.7 Å². The Morgan fingerprint density at radius 2 is 1.53 bits per heavy atom. The zero-order chi connectivity index (χ0) is 26.3. The molecule has 1 saturated heterocycles. The van der Waals surface area contributed by atoms with Crippen LogP contribution >= 0.6 is 0 Å². The molecule has 1 atom stereocenters. The molecule has 3 rings (SSSR count). The highest BCUT2D eigenvalue weighted by atomic mass is 32.2. The van der Waals surface area contributed by atoms with Gasteiger partial charge in [-0.05, 0) is 36.1 Å². The van der Waals surface area contributed by atoms with Gasteiger partial charge in [-0.25, -0.2) is 8.42 Å². The van der Waals surface area contributed by atoms with E-state index in [-0.39, 0.29) is 51.5 Å². The van der Waals surface area contributed by atoms with Gasteiger partial charge in [0.2, 0.25) is 22.3 Å². The van der Waals surface area contributed by atoms with Gasteiger partial charge in [0.05, 0.1) is 19.1 Å². The molecule has 2 aromatic rings. The predicted octanol–water partition coefficient (Wildman–Crippen LogP) is 1.55. The van der Waals surface area contributed by atoms with Gasteiger partial charge >= 0.3 is 0 Å². The summed E-state index contributed by atoms with van der Waals surface area (Å²) >= 11 is 0.